The molecule has 2 rings (SSSR count). The maximum atomic E-state index is 13.9. The molecule has 0 amide bonds. The lowest BCUT2D eigenvalue weighted by Gasteiger charge is -2.25. The first kappa shape index (κ1) is 13.1. The fraction of sp³-hybridized carbons (Fsp3) is 0.533. The van der Waals surface area contributed by atoms with E-state index in [-0.39, 0.29) is 16.6 Å². The van der Waals surface area contributed by atoms with Gasteiger partial charge >= 0.3 is 0 Å². The Kier molecular flexibility index (Phi) is 2.76. The van der Waals surface area contributed by atoms with E-state index in [0.29, 0.717) is 5.65 Å². The molecule has 0 spiro atoms. The highest BCUT2D eigenvalue weighted by atomic mass is 19.1. The first-order chi connectivity index (χ1) is 8.12. The summed E-state index contributed by atoms with van der Waals surface area (Å²) in [6.45, 7) is 12.7. The van der Waals surface area contributed by atoms with Gasteiger partial charge in [-0.3, -0.25) is 0 Å². The van der Waals surface area contributed by atoms with E-state index < -0.39 is 0 Å². The molecule has 0 N–H and O–H groups in total. The van der Waals surface area contributed by atoms with Gasteiger partial charge < -0.3 is 4.40 Å². The molecule has 2 heterocycles. The predicted molar refractivity (Wildman–Crippen MR) is 72.6 cm³/mol. The van der Waals surface area contributed by atoms with Gasteiger partial charge in [0.25, 0.3) is 0 Å². The smallest absolute Gasteiger partial charge is 0.173 e. The molecular formula is C15H21FN2. The summed E-state index contributed by atoms with van der Waals surface area (Å²) in [5.41, 5.74) is 2.31. The van der Waals surface area contributed by atoms with Gasteiger partial charge in [-0.15, -0.1) is 0 Å². The summed E-state index contributed by atoms with van der Waals surface area (Å²) in [6, 6.07) is 3.19. The van der Waals surface area contributed by atoms with Crippen LogP contribution in [0.5, 0.6) is 0 Å². The van der Waals surface area contributed by atoms with Gasteiger partial charge in [0.2, 0.25) is 0 Å². The number of aromatic nitrogens is 2. The van der Waals surface area contributed by atoms with Crippen LogP contribution in [0.15, 0.2) is 18.3 Å². The molecule has 2 nitrogen and oxygen atoms in total. The van der Waals surface area contributed by atoms with Crippen molar-refractivity contribution in [3.63, 3.8) is 0 Å². The van der Waals surface area contributed by atoms with Gasteiger partial charge in [-0.25, -0.2) is 9.37 Å². The highest BCUT2D eigenvalue weighted by molar-refractivity contribution is 5.48. The third kappa shape index (κ3) is 2.02. The first-order valence-electron chi connectivity index (χ1n) is 6.30. The molecule has 2 aromatic rings. The Balaban J connectivity index is 2.91. The number of pyridine rings is 1. The first-order valence-corrected chi connectivity index (χ1v) is 6.30. The minimum Gasteiger partial charge on any atom is -0.301 e. The van der Waals surface area contributed by atoms with Crippen molar-refractivity contribution in [2.24, 2.45) is 0 Å². The molecule has 0 saturated carbocycles. The Morgan fingerprint density at radius 2 is 1.67 bits per heavy atom. The van der Waals surface area contributed by atoms with Crippen molar-refractivity contribution < 1.29 is 4.39 Å². The van der Waals surface area contributed by atoms with E-state index in [4.69, 9.17) is 0 Å². The van der Waals surface area contributed by atoms with Gasteiger partial charge in [0.05, 0.1) is 11.4 Å². The zero-order chi connectivity index (χ0) is 13.7. The molecule has 98 valence electrons. The number of fused-ring (bicyclic) bond motifs is 1. The second-order valence-electron chi connectivity index (χ2n) is 6.86. The van der Waals surface area contributed by atoms with Gasteiger partial charge in [0, 0.05) is 17.0 Å². The van der Waals surface area contributed by atoms with Gasteiger partial charge in [-0.1, -0.05) is 41.5 Å². The Labute approximate surface area is 108 Å². The topological polar surface area (TPSA) is 17.3 Å². The van der Waals surface area contributed by atoms with Crippen LogP contribution >= 0.6 is 0 Å². The Hall–Kier alpha value is -1.38. The van der Waals surface area contributed by atoms with Crippen molar-refractivity contribution in [1.29, 1.82) is 0 Å². The summed E-state index contributed by atoms with van der Waals surface area (Å²) in [4.78, 5) is 4.54. The van der Waals surface area contributed by atoms with Gasteiger partial charge in [-0.05, 0) is 12.1 Å². The van der Waals surface area contributed by atoms with Crippen LogP contribution in [0, 0.1) is 5.82 Å². The Morgan fingerprint density at radius 3 is 2.17 bits per heavy atom. The lowest BCUT2D eigenvalue weighted by molar-refractivity contribution is 0.506. The molecule has 0 aromatic carbocycles. The second kappa shape index (κ2) is 3.81. The number of hydrogen-bond acceptors (Lipinski definition) is 1. The van der Waals surface area contributed by atoms with E-state index in [1.165, 1.54) is 6.07 Å². The SMILES string of the molecule is CC(C)(C)c1nc2c(F)cccn2c1C(C)(C)C. The summed E-state index contributed by atoms with van der Waals surface area (Å²) in [5, 5.41) is 0. The van der Waals surface area contributed by atoms with E-state index in [1.807, 2.05) is 10.6 Å². The van der Waals surface area contributed by atoms with Gasteiger partial charge in [0.1, 0.15) is 0 Å². The second-order valence-corrected chi connectivity index (χ2v) is 6.86. The molecule has 0 aliphatic rings. The zero-order valence-electron chi connectivity index (χ0n) is 12.0. The third-order valence-electron chi connectivity index (χ3n) is 3.02. The van der Waals surface area contributed by atoms with Crippen LogP contribution in [0.3, 0.4) is 0 Å². The average molecular weight is 248 g/mol. The van der Waals surface area contributed by atoms with Crippen LogP contribution < -0.4 is 0 Å². The Bertz CT molecular complexity index is 583. The largest absolute Gasteiger partial charge is 0.301 e. The van der Waals surface area contributed by atoms with Crippen LogP contribution in [-0.2, 0) is 10.8 Å². The molecule has 0 radical (unpaired) electrons. The monoisotopic (exact) mass is 248 g/mol. The molecule has 0 aliphatic carbocycles. The molecule has 0 aliphatic heterocycles. The highest BCUT2D eigenvalue weighted by Crippen LogP contribution is 2.34. The van der Waals surface area contributed by atoms with Crippen LogP contribution in [0.2, 0.25) is 0 Å². The fourth-order valence-electron chi connectivity index (χ4n) is 2.27. The van der Waals surface area contributed by atoms with Crippen LogP contribution in [-0.4, -0.2) is 9.38 Å². The summed E-state index contributed by atoms with van der Waals surface area (Å²) in [5.74, 6) is -0.265. The van der Waals surface area contributed by atoms with Gasteiger partial charge in [-0.2, -0.15) is 0 Å². The lowest BCUT2D eigenvalue weighted by Crippen LogP contribution is -2.23. The number of rotatable bonds is 0. The van der Waals surface area contributed by atoms with Crippen molar-refractivity contribution in [2.75, 3.05) is 0 Å². The lowest BCUT2D eigenvalue weighted by atomic mass is 9.82. The summed E-state index contributed by atoms with van der Waals surface area (Å²) in [6.07, 6.45) is 1.89. The third-order valence-corrected chi connectivity index (χ3v) is 3.02. The summed E-state index contributed by atoms with van der Waals surface area (Å²) in [7, 11) is 0. The number of halogens is 1. The number of hydrogen-bond donors (Lipinski definition) is 0. The van der Waals surface area contributed by atoms with E-state index in [1.54, 1.807) is 6.07 Å². The molecule has 0 fully saturated rings. The van der Waals surface area contributed by atoms with Crippen molar-refractivity contribution in [3.8, 4) is 0 Å². The number of imidazole rings is 1. The maximum Gasteiger partial charge on any atom is 0.173 e. The van der Waals surface area contributed by atoms with Crippen LogP contribution in [0.1, 0.15) is 52.9 Å². The van der Waals surface area contributed by atoms with Crippen LogP contribution in [0.25, 0.3) is 5.65 Å². The van der Waals surface area contributed by atoms with Crippen molar-refractivity contribution >= 4 is 5.65 Å². The molecular weight excluding hydrogens is 227 g/mol. The zero-order valence-corrected chi connectivity index (χ0v) is 12.0. The molecule has 3 heteroatoms. The molecule has 0 atom stereocenters. The molecule has 0 bridgehead atoms. The Morgan fingerprint density at radius 1 is 1.06 bits per heavy atom. The van der Waals surface area contributed by atoms with Crippen molar-refractivity contribution in [2.45, 2.75) is 52.4 Å². The minimum atomic E-state index is -0.265. The molecule has 18 heavy (non-hydrogen) atoms. The fourth-order valence-corrected chi connectivity index (χ4v) is 2.27. The van der Waals surface area contributed by atoms with E-state index in [9.17, 15) is 4.39 Å². The van der Waals surface area contributed by atoms with E-state index in [0.717, 1.165) is 11.4 Å². The van der Waals surface area contributed by atoms with E-state index >= 15 is 0 Å². The normalized spacial score (nSPS) is 13.3. The standard InChI is InChI=1S/C15H21FN2/c1-14(2,3)11-12(15(4,5)6)18-9-7-8-10(16)13(18)17-11/h7-9H,1-6H3. The summed E-state index contributed by atoms with van der Waals surface area (Å²) < 4.78 is 15.8. The van der Waals surface area contributed by atoms with Gasteiger partial charge in [0.15, 0.2) is 11.5 Å². The number of nitrogens with zero attached hydrogens (tertiary/aromatic N) is 2. The summed E-state index contributed by atoms with van der Waals surface area (Å²) >= 11 is 0. The molecule has 0 unspecified atom stereocenters. The average Bonchev–Trinajstić information content (AvgIpc) is 2.56. The highest BCUT2D eigenvalue weighted by Gasteiger charge is 2.31. The predicted octanol–water partition coefficient (Wildman–Crippen LogP) is 4.07. The van der Waals surface area contributed by atoms with Crippen LogP contribution in [0.4, 0.5) is 4.39 Å². The van der Waals surface area contributed by atoms with Crippen molar-refractivity contribution in [3.05, 3.63) is 35.5 Å². The minimum absolute atomic E-state index is 0.0736. The van der Waals surface area contributed by atoms with Crippen molar-refractivity contribution in [1.82, 2.24) is 9.38 Å². The molecule has 2 aromatic heterocycles. The quantitative estimate of drug-likeness (QED) is 0.687. The van der Waals surface area contributed by atoms with E-state index in [2.05, 4.69) is 46.5 Å². The molecule has 0 saturated heterocycles. The maximum absolute atomic E-state index is 13.9.